The van der Waals surface area contributed by atoms with E-state index in [1.807, 2.05) is 6.07 Å². The summed E-state index contributed by atoms with van der Waals surface area (Å²) >= 11 is 1.37. The lowest BCUT2D eigenvalue weighted by Crippen LogP contribution is -2.35. The van der Waals surface area contributed by atoms with Crippen LogP contribution >= 0.6 is 11.3 Å². The zero-order chi connectivity index (χ0) is 26.0. The van der Waals surface area contributed by atoms with Gasteiger partial charge in [0.1, 0.15) is 5.00 Å². The van der Waals surface area contributed by atoms with E-state index in [1.54, 1.807) is 31.2 Å². The van der Waals surface area contributed by atoms with Gasteiger partial charge in [-0.1, -0.05) is 18.2 Å². The number of nitrogens with two attached hydrogens (primary N) is 1. The second-order valence-electron chi connectivity index (χ2n) is 8.87. The van der Waals surface area contributed by atoms with E-state index in [2.05, 4.69) is 24.1 Å². The molecule has 1 aromatic heterocycles. The minimum absolute atomic E-state index is 0.0861. The van der Waals surface area contributed by atoms with E-state index in [9.17, 15) is 18.0 Å². The van der Waals surface area contributed by atoms with Crippen molar-refractivity contribution in [2.45, 2.75) is 44.7 Å². The molecule has 0 saturated carbocycles. The van der Waals surface area contributed by atoms with Gasteiger partial charge in [-0.15, -0.1) is 11.3 Å². The number of thiophene rings is 1. The maximum absolute atomic E-state index is 13.2. The molecule has 0 unspecified atom stereocenters. The molecule has 0 fully saturated rings. The first-order valence-corrected chi connectivity index (χ1v) is 14.1. The third-order valence-electron chi connectivity index (χ3n) is 6.33. The lowest BCUT2D eigenvalue weighted by Gasteiger charge is -2.30. The molecule has 0 atom stereocenters. The topological polar surface area (TPSA) is 113 Å². The number of hydrogen-bond donors (Lipinski definition) is 2. The summed E-state index contributed by atoms with van der Waals surface area (Å²) in [6.07, 6.45) is 0.695. The number of para-hydroxylation sites is 1. The molecule has 3 N–H and O–H groups in total. The Labute approximate surface area is 215 Å². The highest BCUT2D eigenvalue weighted by Crippen LogP contribution is 2.37. The van der Waals surface area contributed by atoms with Crippen molar-refractivity contribution >= 4 is 43.9 Å². The Bertz CT molecular complexity index is 1370. The Hall–Kier alpha value is -3.21. The average Bonchev–Trinajstić information content (AvgIpc) is 3.22. The molecule has 0 aliphatic carbocycles. The quantitative estimate of drug-likeness (QED) is 0.459. The third kappa shape index (κ3) is 5.02. The van der Waals surface area contributed by atoms with Crippen LogP contribution in [0.15, 0.2) is 59.5 Å². The van der Waals surface area contributed by atoms with E-state index in [1.165, 1.54) is 39.9 Å². The van der Waals surface area contributed by atoms with Crippen LogP contribution < -0.4 is 15.4 Å². The van der Waals surface area contributed by atoms with E-state index in [0.717, 1.165) is 17.0 Å². The van der Waals surface area contributed by atoms with Crippen molar-refractivity contribution < 1.29 is 18.0 Å². The molecule has 2 heterocycles. The molecule has 1 aliphatic rings. The van der Waals surface area contributed by atoms with Crippen LogP contribution in [0.2, 0.25) is 0 Å². The fourth-order valence-electron chi connectivity index (χ4n) is 4.38. The number of fused-ring (bicyclic) bond motifs is 1. The SMILES string of the molecule is CCN(c1ccccc1)S(=O)(=O)c1ccc(C(=O)Nc2sc3c(c2C(N)=O)CCN(C(C)C)C3)cc1. The summed E-state index contributed by atoms with van der Waals surface area (Å²) in [5.74, 6) is -1.00. The van der Waals surface area contributed by atoms with Gasteiger partial charge in [0.25, 0.3) is 21.8 Å². The van der Waals surface area contributed by atoms with Gasteiger partial charge in [-0.05, 0) is 69.2 Å². The highest BCUT2D eigenvalue weighted by molar-refractivity contribution is 7.92. The maximum atomic E-state index is 13.2. The van der Waals surface area contributed by atoms with Gasteiger partial charge in [0.05, 0.1) is 16.1 Å². The summed E-state index contributed by atoms with van der Waals surface area (Å²) in [5, 5.41) is 3.26. The predicted octanol–water partition coefficient (Wildman–Crippen LogP) is 4.08. The Morgan fingerprint density at radius 1 is 1.11 bits per heavy atom. The summed E-state index contributed by atoms with van der Waals surface area (Å²) in [5.41, 5.74) is 7.80. The lowest BCUT2D eigenvalue weighted by atomic mass is 10.0. The minimum Gasteiger partial charge on any atom is -0.365 e. The number of carbonyl (C=O) groups excluding carboxylic acids is 2. The number of sulfonamides is 1. The van der Waals surface area contributed by atoms with Crippen LogP contribution in [0.3, 0.4) is 0 Å². The second kappa shape index (κ2) is 10.4. The predicted molar refractivity (Wildman–Crippen MR) is 143 cm³/mol. The highest BCUT2D eigenvalue weighted by Gasteiger charge is 2.29. The highest BCUT2D eigenvalue weighted by atomic mass is 32.2. The van der Waals surface area contributed by atoms with Gasteiger partial charge in [0.2, 0.25) is 0 Å². The van der Waals surface area contributed by atoms with Gasteiger partial charge in [0, 0.05) is 36.1 Å². The molecule has 2 aromatic carbocycles. The smallest absolute Gasteiger partial charge is 0.264 e. The van der Waals surface area contributed by atoms with Crippen LogP contribution in [0.4, 0.5) is 10.7 Å². The van der Waals surface area contributed by atoms with Crippen molar-refractivity contribution in [3.63, 3.8) is 0 Å². The van der Waals surface area contributed by atoms with Crippen molar-refractivity contribution in [2.24, 2.45) is 5.73 Å². The average molecular weight is 527 g/mol. The standard InChI is InChI=1S/C26H30N4O4S2/c1-4-30(19-8-6-5-7-9-19)36(33,34)20-12-10-18(11-13-20)25(32)28-26-23(24(27)31)21-14-15-29(17(2)3)16-22(21)35-26/h5-13,17H,4,14-16H2,1-3H3,(H2,27,31)(H,28,32). The molecule has 2 amide bonds. The molecule has 0 radical (unpaired) electrons. The Morgan fingerprint density at radius 2 is 1.78 bits per heavy atom. The van der Waals surface area contributed by atoms with E-state index in [-0.39, 0.29) is 17.0 Å². The second-order valence-corrected chi connectivity index (χ2v) is 11.8. The monoisotopic (exact) mass is 526 g/mol. The van der Waals surface area contributed by atoms with Crippen molar-refractivity contribution in [2.75, 3.05) is 22.7 Å². The molecule has 0 spiro atoms. The first-order chi connectivity index (χ1) is 17.1. The minimum atomic E-state index is -3.80. The van der Waals surface area contributed by atoms with Crippen molar-refractivity contribution in [1.82, 2.24) is 4.90 Å². The molecule has 3 aromatic rings. The van der Waals surface area contributed by atoms with E-state index in [0.29, 0.717) is 35.3 Å². The molecular weight excluding hydrogens is 496 g/mol. The number of anilines is 2. The van der Waals surface area contributed by atoms with Crippen LogP contribution in [-0.2, 0) is 23.0 Å². The normalized spacial score (nSPS) is 13.9. The Morgan fingerprint density at radius 3 is 2.36 bits per heavy atom. The Balaban J connectivity index is 1.56. The maximum Gasteiger partial charge on any atom is 0.264 e. The largest absolute Gasteiger partial charge is 0.365 e. The van der Waals surface area contributed by atoms with Crippen LogP contribution in [0, 0.1) is 0 Å². The molecule has 1 aliphatic heterocycles. The van der Waals surface area contributed by atoms with Crippen LogP contribution in [0.1, 0.15) is 51.9 Å². The number of amides is 2. The van der Waals surface area contributed by atoms with Gasteiger partial charge in [-0.3, -0.25) is 18.8 Å². The number of carbonyl (C=O) groups is 2. The summed E-state index contributed by atoms with van der Waals surface area (Å²) < 4.78 is 27.7. The van der Waals surface area contributed by atoms with Crippen molar-refractivity contribution in [1.29, 1.82) is 0 Å². The molecular formula is C26H30N4O4S2. The molecule has 4 rings (SSSR count). The van der Waals surface area contributed by atoms with Crippen LogP contribution in [0.5, 0.6) is 0 Å². The first-order valence-electron chi connectivity index (χ1n) is 11.8. The number of primary amides is 1. The van der Waals surface area contributed by atoms with Crippen LogP contribution in [-0.4, -0.2) is 44.3 Å². The van der Waals surface area contributed by atoms with E-state index >= 15 is 0 Å². The number of rotatable bonds is 8. The number of hydrogen-bond acceptors (Lipinski definition) is 6. The van der Waals surface area contributed by atoms with Gasteiger partial charge >= 0.3 is 0 Å². The number of benzene rings is 2. The summed E-state index contributed by atoms with van der Waals surface area (Å²) in [6, 6.07) is 15.0. The molecule has 8 nitrogen and oxygen atoms in total. The van der Waals surface area contributed by atoms with Gasteiger partial charge in [-0.2, -0.15) is 0 Å². The van der Waals surface area contributed by atoms with Crippen molar-refractivity contribution in [3.8, 4) is 0 Å². The van der Waals surface area contributed by atoms with Crippen molar-refractivity contribution in [3.05, 3.63) is 76.2 Å². The molecule has 0 saturated heterocycles. The first kappa shape index (κ1) is 25.9. The van der Waals surface area contributed by atoms with E-state index in [4.69, 9.17) is 5.73 Å². The number of nitrogens with one attached hydrogen (secondary N) is 1. The third-order valence-corrected chi connectivity index (χ3v) is 9.38. The fraction of sp³-hybridized carbons (Fsp3) is 0.308. The summed E-state index contributed by atoms with van der Waals surface area (Å²) in [4.78, 5) is 28.7. The fourth-order valence-corrected chi connectivity index (χ4v) is 7.13. The molecule has 36 heavy (non-hydrogen) atoms. The van der Waals surface area contributed by atoms with Gasteiger partial charge < -0.3 is 11.1 Å². The molecule has 190 valence electrons. The molecule has 0 bridgehead atoms. The Kier molecular flexibility index (Phi) is 7.49. The molecule has 10 heteroatoms. The lowest BCUT2D eigenvalue weighted by molar-refractivity contribution is 0.0999. The van der Waals surface area contributed by atoms with E-state index < -0.39 is 21.8 Å². The van der Waals surface area contributed by atoms with Gasteiger partial charge in [-0.25, -0.2) is 8.42 Å². The summed E-state index contributed by atoms with van der Waals surface area (Å²) in [6.45, 7) is 7.81. The number of nitrogens with zero attached hydrogens (tertiary/aromatic N) is 2. The summed E-state index contributed by atoms with van der Waals surface area (Å²) in [7, 11) is -3.80. The zero-order valence-corrected chi connectivity index (χ0v) is 22.2. The van der Waals surface area contributed by atoms with Crippen LogP contribution in [0.25, 0.3) is 0 Å². The van der Waals surface area contributed by atoms with Gasteiger partial charge in [0.15, 0.2) is 0 Å². The zero-order valence-electron chi connectivity index (χ0n) is 20.5.